The van der Waals surface area contributed by atoms with Crippen LogP contribution < -0.4 is 5.32 Å². The minimum Gasteiger partial charge on any atom is -0.353 e. The molecule has 1 heterocycles. The number of carbonyl (C=O) groups excluding carboxylic acids is 1. The second-order valence-corrected chi connectivity index (χ2v) is 7.49. The van der Waals surface area contributed by atoms with Crippen LogP contribution in [-0.4, -0.2) is 27.3 Å². The number of hydrogen-bond donors (Lipinski definition) is 1. The summed E-state index contributed by atoms with van der Waals surface area (Å²) in [7, 11) is 0. The predicted octanol–water partition coefficient (Wildman–Crippen LogP) is 4.35. The van der Waals surface area contributed by atoms with Crippen molar-refractivity contribution in [3.63, 3.8) is 0 Å². The first kappa shape index (κ1) is 17.8. The van der Waals surface area contributed by atoms with E-state index < -0.39 is 0 Å². The Morgan fingerprint density at radius 1 is 1.20 bits per heavy atom. The number of halogens is 1. The van der Waals surface area contributed by atoms with Crippen LogP contribution in [0.25, 0.3) is 11.0 Å². The lowest BCUT2D eigenvalue weighted by molar-refractivity contribution is -0.119. The monoisotopic (exact) mass is 373 g/mol. The van der Waals surface area contributed by atoms with E-state index in [1.807, 2.05) is 56.3 Å². The summed E-state index contributed by atoms with van der Waals surface area (Å²) in [6.07, 6.45) is 0. The van der Waals surface area contributed by atoms with E-state index in [1.54, 1.807) is 0 Å². The van der Waals surface area contributed by atoms with Gasteiger partial charge in [0.25, 0.3) is 0 Å². The van der Waals surface area contributed by atoms with Crippen molar-refractivity contribution in [2.24, 2.45) is 0 Å². The molecule has 0 unspecified atom stereocenters. The summed E-state index contributed by atoms with van der Waals surface area (Å²) in [4.78, 5) is 16.7. The molecule has 0 saturated carbocycles. The third kappa shape index (κ3) is 4.55. The van der Waals surface area contributed by atoms with Crippen molar-refractivity contribution in [1.29, 1.82) is 0 Å². The SMILES string of the molecule is CC(C)NC(=O)CSc1nc2ccccc2n1Cc1ccc(Cl)cc1. The van der Waals surface area contributed by atoms with Crippen LogP contribution in [0.4, 0.5) is 0 Å². The van der Waals surface area contributed by atoms with Gasteiger partial charge in [0.05, 0.1) is 23.3 Å². The van der Waals surface area contributed by atoms with Crippen molar-refractivity contribution in [2.45, 2.75) is 31.6 Å². The summed E-state index contributed by atoms with van der Waals surface area (Å²) in [5.74, 6) is 0.368. The van der Waals surface area contributed by atoms with E-state index >= 15 is 0 Å². The van der Waals surface area contributed by atoms with Crippen LogP contribution in [0.5, 0.6) is 0 Å². The number of carbonyl (C=O) groups is 1. The van der Waals surface area contributed by atoms with E-state index in [9.17, 15) is 4.79 Å². The van der Waals surface area contributed by atoms with Crippen LogP contribution in [0.3, 0.4) is 0 Å². The number of hydrogen-bond acceptors (Lipinski definition) is 3. The highest BCUT2D eigenvalue weighted by Crippen LogP contribution is 2.25. The Hall–Kier alpha value is -1.98. The Labute approximate surface area is 156 Å². The second kappa shape index (κ2) is 7.93. The summed E-state index contributed by atoms with van der Waals surface area (Å²) in [6, 6.07) is 16.0. The van der Waals surface area contributed by atoms with Gasteiger partial charge in [-0.05, 0) is 43.7 Å². The maximum Gasteiger partial charge on any atom is 0.230 e. The molecule has 25 heavy (non-hydrogen) atoms. The third-order valence-corrected chi connectivity index (χ3v) is 4.88. The highest BCUT2D eigenvalue weighted by molar-refractivity contribution is 7.99. The minimum absolute atomic E-state index is 0.0186. The summed E-state index contributed by atoms with van der Waals surface area (Å²) in [6.45, 7) is 4.60. The van der Waals surface area contributed by atoms with Gasteiger partial charge < -0.3 is 9.88 Å². The number of imidazole rings is 1. The molecule has 0 spiro atoms. The number of benzene rings is 2. The van der Waals surface area contributed by atoms with E-state index in [1.165, 1.54) is 11.8 Å². The highest BCUT2D eigenvalue weighted by atomic mass is 35.5. The standard InChI is InChI=1S/C19H20ClN3OS/c1-13(2)21-18(24)12-25-19-22-16-5-3-4-6-17(16)23(19)11-14-7-9-15(20)10-8-14/h3-10,13H,11-12H2,1-2H3,(H,21,24). The molecular weight excluding hydrogens is 354 g/mol. The van der Waals surface area contributed by atoms with Crippen molar-refractivity contribution in [3.05, 3.63) is 59.1 Å². The average Bonchev–Trinajstić information content (AvgIpc) is 2.92. The van der Waals surface area contributed by atoms with Gasteiger partial charge in [-0.3, -0.25) is 4.79 Å². The molecule has 0 radical (unpaired) electrons. The molecule has 6 heteroatoms. The van der Waals surface area contributed by atoms with E-state index in [0.29, 0.717) is 12.3 Å². The summed E-state index contributed by atoms with van der Waals surface area (Å²) in [5.41, 5.74) is 3.13. The lowest BCUT2D eigenvalue weighted by Crippen LogP contribution is -2.31. The summed E-state index contributed by atoms with van der Waals surface area (Å²) in [5, 5.41) is 4.47. The first-order valence-electron chi connectivity index (χ1n) is 8.15. The number of fused-ring (bicyclic) bond motifs is 1. The van der Waals surface area contributed by atoms with E-state index in [4.69, 9.17) is 16.6 Å². The zero-order chi connectivity index (χ0) is 17.8. The van der Waals surface area contributed by atoms with E-state index in [-0.39, 0.29) is 11.9 Å². The fourth-order valence-electron chi connectivity index (χ4n) is 2.58. The topological polar surface area (TPSA) is 46.9 Å². The average molecular weight is 374 g/mol. The third-order valence-electron chi connectivity index (χ3n) is 3.66. The molecule has 1 aromatic heterocycles. The fourth-order valence-corrected chi connectivity index (χ4v) is 3.53. The molecule has 3 rings (SSSR count). The molecule has 130 valence electrons. The van der Waals surface area contributed by atoms with Crippen LogP contribution in [0.15, 0.2) is 53.7 Å². The van der Waals surface area contributed by atoms with Crippen LogP contribution >= 0.6 is 23.4 Å². The molecule has 0 aliphatic carbocycles. The zero-order valence-electron chi connectivity index (χ0n) is 14.2. The summed E-state index contributed by atoms with van der Waals surface area (Å²) >= 11 is 7.44. The largest absolute Gasteiger partial charge is 0.353 e. The molecule has 3 aromatic rings. The molecule has 1 N–H and O–H groups in total. The second-order valence-electron chi connectivity index (χ2n) is 6.11. The quantitative estimate of drug-likeness (QED) is 0.653. The molecule has 4 nitrogen and oxygen atoms in total. The highest BCUT2D eigenvalue weighted by Gasteiger charge is 2.13. The number of nitrogens with one attached hydrogen (secondary N) is 1. The predicted molar refractivity (Wildman–Crippen MR) is 104 cm³/mol. The normalized spacial score (nSPS) is 11.2. The van der Waals surface area contributed by atoms with Gasteiger partial charge in [0.15, 0.2) is 5.16 Å². The van der Waals surface area contributed by atoms with Crippen LogP contribution in [0, 0.1) is 0 Å². The molecule has 2 aromatic carbocycles. The number of amides is 1. The molecule has 0 aliphatic rings. The molecule has 0 atom stereocenters. The number of rotatable bonds is 6. The number of thioether (sulfide) groups is 1. The van der Waals surface area contributed by atoms with Gasteiger partial charge >= 0.3 is 0 Å². The maximum absolute atomic E-state index is 12.0. The Kier molecular flexibility index (Phi) is 5.66. The van der Waals surface area contributed by atoms with Gasteiger partial charge in [-0.2, -0.15) is 0 Å². The Morgan fingerprint density at radius 2 is 1.92 bits per heavy atom. The Balaban J connectivity index is 1.86. The van der Waals surface area contributed by atoms with E-state index in [0.717, 1.165) is 26.8 Å². The molecule has 0 fully saturated rings. The van der Waals surface area contributed by atoms with E-state index in [2.05, 4.69) is 16.0 Å². The van der Waals surface area contributed by atoms with Crippen molar-refractivity contribution < 1.29 is 4.79 Å². The smallest absolute Gasteiger partial charge is 0.230 e. The first-order chi connectivity index (χ1) is 12.0. The van der Waals surface area contributed by atoms with Gasteiger partial charge in [-0.15, -0.1) is 0 Å². The molecule has 1 amide bonds. The van der Waals surface area contributed by atoms with Crippen LogP contribution in [0.1, 0.15) is 19.4 Å². The van der Waals surface area contributed by atoms with Gasteiger partial charge in [-0.25, -0.2) is 4.98 Å². The van der Waals surface area contributed by atoms with Gasteiger partial charge in [0.1, 0.15) is 0 Å². The Bertz CT molecular complexity index is 874. The Morgan fingerprint density at radius 3 is 2.64 bits per heavy atom. The molecule has 0 bridgehead atoms. The minimum atomic E-state index is 0.0186. The molecule has 0 saturated heterocycles. The van der Waals surface area contributed by atoms with Crippen LogP contribution in [0.2, 0.25) is 5.02 Å². The summed E-state index contributed by atoms with van der Waals surface area (Å²) < 4.78 is 2.14. The lowest BCUT2D eigenvalue weighted by atomic mass is 10.2. The van der Waals surface area contributed by atoms with Gasteiger partial charge in [0.2, 0.25) is 5.91 Å². The number of para-hydroxylation sites is 2. The van der Waals surface area contributed by atoms with Crippen molar-refractivity contribution in [1.82, 2.24) is 14.9 Å². The number of nitrogens with zero attached hydrogens (tertiary/aromatic N) is 2. The van der Waals surface area contributed by atoms with Gasteiger partial charge in [0, 0.05) is 11.1 Å². The first-order valence-corrected chi connectivity index (χ1v) is 9.51. The van der Waals surface area contributed by atoms with Crippen molar-refractivity contribution >= 4 is 40.3 Å². The van der Waals surface area contributed by atoms with Crippen molar-refractivity contribution in [3.8, 4) is 0 Å². The van der Waals surface area contributed by atoms with Crippen LogP contribution in [-0.2, 0) is 11.3 Å². The lowest BCUT2D eigenvalue weighted by Gasteiger charge is -2.10. The maximum atomic E-state index is 12.0. The van der Waals surface area contributed by atoms with Crippen molar-refractivity contribution in [2.75, 3.05) is 5.75 Å². The number of aromatic nitrogens is 2. The zero-order valence-corrected chi connectivity index (χ0v) is 15.8. The molecular formula is C19H20ClN3OS. The molecule has 0 aliphatic heterocycles. The van der Waals surface area contributed by atoms with Gasteiger partial charge in [-0.1, -0.05) is 47.6 Å². The fraction of sp³-hybridized carbons (Fsp3) is 0.263.